The van der Waals surface area contributed by atoms with Gasteiger partial charge in [0.2, 0.25) is 0 Å². The molecular weight excluding hydrogens is 455 g/mol. The topological polar surface area (TPSA) is 18.5 Å². The summed E-state index contributed by atoms with van der Waals surface area (Å²) in [6.45, 7) is 0. The molecule has 6 aromatic rings. The number of benzene rings is 5. The highest BCUT2D eigenvalue weighted by Crippen LogP contribution is 2.54. The zero-order chi connectivity index (χ0) is 22.2. The largest absolute Gasteiger partial charge is 0.456 e. The second kappa shape index (κ2) is 6.93. The molecule has 2 nitrogen and oxygen atoms in total. The molecule has 0 N–H and O–H groups in total. The Bertz CT molecular complexity index is 1770. The van der Waals surface area contributed by atoms with Gasteiger partial charge >= 0.3 is 0 Å². The van der Waals surface area contributed by atoms with Crippen LogP contribution in [0.1, 0.15) is 0 Å². The lowest BCUT2D eigenvalue weighted by molar-refractivity contribution is 0.467. The van der Waals surface area contributed by atoms with Crippen LogP contribution >= 0.6 is 19.3 Å². The van der Waals surface area contributed by atoms with Crippen molar-refractivity contribution in [1.29, 1.82) is 0 Å². The van der Waals surface area contributed by atoms with E-state index >= 15 is 0 Å². The van der Waals surface area contributed by atoms with Crippen molar-refractivity contribution in [3.05, 3.63) is 103 Å². The van der Waals surface area contributed by atoms with E-state index in [9.17, 15) is 0 Å². The molecule has 8 rings (SSSR count). The maximum Gasteiger partial charge on any atom is 0.147 e. The van der Waals surface area contributed by atoms with Gasteiger partial charge < -0.3 is 9.47 Å². The predicted molar refractivity (Wildman–Crippen MR) is 144 cm³/mol. The van der Waals surface area contributed by atoms with Crippen LogP contribution < -0.4 is 25.4 Å². The molecule has 0 spiro atoms. The fourth-order valence-corrected chi connectivity index (χ4v) is 8.87. The first kappa shape index (κ1) is 18.7. The van der Waals surface area contributed by atoms with E-state index in [2.05, 4.69) is 97.1 Å². The Balaban J connectivity index is 1.38. The Kier molecular flexibility index (Phi) is 3.82. The van der Waals surface area contributed by atoms with Gasteiger partial charge in [0, 0.05) is 44.3 Å². The van der Waals surface area contributed by atoms with Gasteiger partial charge in [0.15, 0.2) is 0 Å². The lowest BCUT2D eigenvalue weighted by Gasteiger charge is -2.35. The predicted octanol–water partition coefficient (Wildman–Crippen LogP) is 7.69. The lowest BCUT2D eigenvalue weighted by Crippen LogP contribution is -2.32. The zero-order valence-electron chi connectivity index (χ0n) is 18.0. The van der Waals surface area contributed by atoms with Crippen molar-refractivity contribution in [2.75, 3.05) is 0 Å². The molecular formula is C30H17O2PS. The Morgan fingerprint density at radius 2 is 1.26 bits per heavy atom. The number of hydrogen-bond acceptors (Lipinski definition) is 3. The average Bonchev–Trinajstić information content (AvgIpc) is 3.26. The van der Waals surface area contributed by atoms with Gasteiger partial charge in [-0.2, -0.15) is 0 Å². The van der Waals surface area contributed by atoms with E-state index in [1.807, 2.05) is 17.4 Å². The maximum absolute atomic E-state index is 6.64. The molecule has 4 heteroatoms. The fourth-order valence-electron chi connectivity index (χ4n) is 5.13. The van der Waals surface area contributed by atoms with Gasteiger partial charge in [-0.05, 0) is 42.0 Å². The smallest absolute Gasteiger partial charge is 0.147 e. The number of rotatable bonds is 1. The van der Waals surface area contributed by atoms with Crippen LogP contribution in [0.4, 0.5) is 0 Å². The fraction of sp³-hybridized carbons (Fsp3) is 0. The molecule has 1 unspecified atom stereocenters. The van der Waals surface area contributed by atoms with Gasteiger partial charge in [-0.15, -0.1) is 11.3 Å². The molecule has 34 heavy (non-hydrogen) atoms. The van der Waals surface area contributed by atoms with Crippen molar-refractivity contribution in [3.8, 4) is 34.1 Å². The number of hydrogen-bond donors (Lipinski definition) is 0. The molecule has 0 aliphatic carbocycles. The molecule has 160 valence electrons. The molecule has 0 radical (unpaired) electrons. The minimum Gasteiger partial charge on any atom is -0.456 e. The van der Waals surface area contributed by atoms with Crippen LogP contribution in [-0.4, -0.2) is 0 Å². The molecule has 0 saturated heterocycles. The Hall–Kier alpha value is -3.65. The second-order valence-electron chi connectivity index (χ2n) is 8.57. The van der Waals surface area contributed by atoms with Crippen LogP contribution in [0.25, 0.3) is 31.3 Å². The van der Waals surface area contributed by atoms with E-state index in [0.717, 1.165) is 28.6 Å². The van der Waals surface area contributed by atoms with E-state index in [1.165, 1.54) is 41.6 Å². The highest BCUT2D eigenvalue weighted by atomic mass is 32.1. The highest BCUT2D eigenvalue weighted by molar-refractivity contribution is 7.80. The molecule has 0 amide bonds. The van der Waals surface area contributed by atoms with Crippen molar-refractivity contribution in [2.45, 2.75) is 0 Å². The molecule has 3 heterocycles. The molecule has 2 aliphatic rings. The summed E-state index contributed by atoms with van der Waals surface area (Å²) >= 11 is 1.85. The van der Waals surface area contributed by atoms with Gasteiger partial charge in [0.05, 0.1) is 5.30 Å². The Morgan fingerprint density at radius 1 is 0.559 bits per heavy atom. The molecule has 0 saturated carbocycles. The summed E-state index contributed by atoms with van der Waals surface area (Å²) in [5.41, 5.74) is 2.29. The number of thiophene rings is 1. The Labute approximate surface area is 201 Å². The molecule has 0 fully saturated rings. The summed E-state index contributed by atoms with van der Waals surface area (Å²) in [4.78, 5) is 0. The number of ether oxygens (including phenoxy) is 2. The molecule has 1 atom stereocenters. The third kappa shape index (κ3) is 2.54. The quantitative estimate of drug-likeness (QED) is 0.228. The van der Waals surface area contributed by atoms with E-state index < -0.39 is 7.92 Å². The van der Waals surface area contributed by atoms with E-state index in [4.69, 9.17) is 9.47 Å². The molecule has 2 aliphatic heterocycles. The minimum atomic E-state index is -0.756. The first-order valence-corrected chi connectivity index (χ1v) is 13.4. The van der Waals surface area contributed by atoms with Crippen LogP contribution in [0.3, 0.4) is 0 Å². The van der Waals surface area contributed by atoms with Crippen LogP contribution in [0, 0.1) is 0 Å². The van der Waals surface area contributed by atoms with Crippen LogP contribution in [0.15, 0.2) is 103 Å². The SMILES string of the molecule is c1ccc2c(c1)Oc1ccc(-c3ccc4c(c3)sc3ccccc34)c3c1P2c1ccccc1O3. The average molecular weight is 473 g/mol. The highest BCUT2D eigenvalue weighted by Gasteiger charge is 2.38. The zero-order valence-corrected chi connectivity index (χ0v) is 19.7. The summed E-state index contributed by atoms with van der Waals surface area (Å²) in [5, 5.41) is 6.31. The Morgan fingerprint density at radius 3 is 2.12 bits per heavy atom. The number of para-hydroxylation sites is 2. The summed E-state index contributed by atoms with van der Waals surface area (Å²) in [6.07, 6.45) is 0. The summed E-state index contributed by atoms with van der Waals surface area (Å²) in [5.74, 6) is 3.72. The summed E-state index contributed by atoms with van der Waals surface area (Å²) in [7, 11) is -0.756. The normalized spacial score (nSPS) is 15.2. The second-order valence-corrected chi connectivity index (χ2v) is 11.7. The van der Waals surface area contributed by atoms with Crippen molar-refractivity contribution in [2.24, 2.45) is 0 Å². The summed E-state index contributed by atoms with van der Waals surface area (Å²) < 4.78 is 15.6. The van der Waals surface area contributed by atoms with E-state index in [0.29, 0.717) is 0 Å². The van der Waals surface area contributed by atoms with Crippen molar-refractivity contribution in [1.82, 2.24) is 0 Å². The monoisotopic (exact) mass is 472 g/mol. The molecule has 0 bridgehead atoms. The van der Waals surface area contributed by atoms with Crippen LogP contribution in [0.2, 0.25) is 0 Å². The third-order valence-corrected chi connectivity index (χ3v) is 10.4. The van der Waals surface area contributed by atoms with Gasteiger partial charge in [0.1, 0.15) is 23.0 Å². The van der Waals surface area contributed by atoms with Crippen LogP contribution in [-0.2, 0) is 0 Å². The van der Waals surface area contributed by atoms with Crippen molar-refractivity contribution >= 4 is 55.3 Å². The van der Waals surface area contributed by atoms with Gasteiger partial charge in [-0.1, -0.05) is 66.7 Å². The molecule has 1 aromatic heterocycles. The maximum atomic E-state index is 6.64. The van der Waals surface area contributed by atoms with Gasteiger partial charge in [-0.3, -0.25) is 0 Å². The van der Waals surface area contributed by atoms with Gasteiger partial charge in [-0.25, -0.2) is 0 Å². The van der Waals surface area contributed by atoms with E-state index in [1.54, 1.807) is 0 Å². The number of fused-ring (bicyclic) bond motifs is 7. The van der Waals surface area contributed by atoms with Crippen LogP contribution in [0.5, 0.6) is 23.0 Å². The lowest BCUT2D eigenvalue weighted by atomic mass is 10.0. The standard InChI is InChI=1S/C30H17O2PS/c1-6-12-27-20(7-1)21-14-13-18(17-28(21)34-27)19-15-16-24-30-29(19)32-23-9-3-5-11-26(23)33(30)25-10-4-2-8-22(25)31-24/h1-17H. The van der Waals surface area contributed by atoms with Crippen molar-refractivity contribution in [3.63, 3.8) is 0 Å². The first-order chi connectivity index (χ1) is 16.8. The first-order valence-electron chi connectivity index (χ1n) is 11.3. The minimum absolute atomic E-state index is 0.756. The van der Waals surface area contributed by atoms with Crippen molar-refractivity contribution < 1.29 is 9.47 Å². The van der Waals surface area contributed by atoms with Gasteiger partial charge in [0.25, 0.3) is 0 Å². The molecule has 5 aromatic carbocycles. The summed E-state index contributed by atoms with van der Waals surface area (Å²) in [6, 6.07) is 36.5. The third-order valence-electron chi connectivity index (χ3n) is 6.65. The van der Waals surface area contributed by atoms with E-state index in [-0.39, 0.29) is 0 Å².